The molecule has 2 heterocycles. The van der Waals surface area contributed by atoms with E-state index in [1.807, 2.05) is 10.6 Å². The number of pyridine rings is 1. The van der Waals surface area contributed by atoms with E-state index < -0.39 is 12.2 Å². The molecule has 7 heteroatoms. The van der Waals surface area contributed by atoms with Crippen LogP contribution in [-0.4, -0.2) is 42.3 Å². The van der Waals surface area contributed by atoms with Crippen LogP contribution in [0.15, 0.2) is 18.6 Å². The molecule has 0 amide bonds. The van der Waals surface area contributed by atoms with Crippen molar-refractivity contribution in [2.45, 2.75) is 24.7 Å². The minimum absolute atomic E-state index is 0.0386. The van der Waals surface area contributed by atoms with Crippen molar-refractivity contribution >= 4 is 32.8 Å². The van der Waals surface area contributed by atoms with Crippen LogP contribution >= 0.6 is 15.9 Å². The Morgan fingerprint density at radius 2 is 2.16 bits per heavy atom. The number of imidazole rings is 1. The second-order valence-electron chi connectivity index (χ2n) is 4.91. The largest absolute Gasteiger partial charge is 0.390 e. The number of aliphatic hydroxyl groups excluding tert-OH is 2. The Hall–Kier alpha value is -1.18. The van der Waals surface area contributed by atoms with Crippen molar-refractivity contribution in [2.75, 3.05) is 11.1 Å². The molecule has 102 valence electrons. The Morgan fingerprint density at radius 3 is 2.84 bits per heavy atom. The molecule has 0 saturated heterocycles. The van der Waals surface area contributed by atoms with Gasteiger partial charge in [0.1, 0.15) is 11.6 Å². The Kier molecular flexibility index (Phi) is 3.20. The van der Waals surface area contributed by atoms with Gasteiger partial charge in [-0.2, -0.15) is 0 Å². The molecule has 0 aromatic carbocycles. The van der Waals surface area contributed by atoms with Gasteiger partial charge >= 0.3 is 0 Å². The molecular weight excluding hydrogens is 312 g/mol. The quantitative estimate of drug-likeness (QED) is 0.705. The van der Waals surface area contributed by atoms with E-state index in [1.54, 1.807) is 12.5 Å². The van der Waals surface area contributed by atoms with E-state index in [0.717, 1.165) is 5.52 Å². The zero-order chi connectivity index (χ0) is 13.6. The number of hydrogen-bond donors (Lipinski definition) is 3. The van der Waals surface area contributed by atoms with Crippen LogP contribution in [0.1, 0.15) is 12.5 Å². The molecule has 1 aliphatic carbocycles. The predicted octanol–water partition coefficient (Wildman–Crippen LogP) is 0.691. The second kappa shape index (κ2) is 4.73. The van der Waals surface area contributed by atoms with Crippen molar-refractivity contribution in [2.24, 2.45) is 5.92 Å². The second-order valence-corrected chi connectivity index (χ2v) is 5.56. The Labute approximate surface area is 118 Å². The third-order valence-electron chi connectivity index (χ3n) is 3.85. The standard InChI is InChI=1S/C12H15BrN4O2/c13-4-6-3-8(11(19)10(6)18)17-5-16-9-7(17)1-2-15-12(9)14/h1-2,5-6,8,10-11,18-19H,3-4H2,(H2,14,15)/t6-,8-,10+,11?/m1/s1. The van der Waals surface area contributed by atoms with Gasteiger partial charge < -0.3 is 20.5 Å². The molecule has 0 bridgehead atoms. The van der Waals surface area contributed by atoms with Crippen molar-refractivity contribution in [3.63, 3.8) is 0 Å². The van der Waals surface area contributed by atoms with E-state index in [4.69, 9.17) is 5.73 Å². The molecule has 0 radical (unpaired) electrons. The number of nitrogens with zero attached hydrogens (tertiary/aromatic N) is 3. The van der Waals surface area contributed by atoms with Crippen LogP contribution in [0.4, 0.5) is 5.82 Å². The Morgan fingerprint density at radius 1 is 1.37 bits per heavy atom. The van der Waals surface area contributed by atoms with Crippen molar-refractivity contribution in [3.8, 4) is 0 Å². The highest BCUT2D eigenvalue weighted by Gasteiger charge is 2.42. The number of nitrogen functional groups attached to an aromatic ring is 1. The van der Waals surface area contributed by atoms with Crippen LogP contribution in [-0.2, 0) is 0 Å². The molecular formula is C12H15BrN4O2. The lowest BCUT2D eigenvalue weighted by Crippen LogP contribution is -2.29. The summed E-state index contributed by atoms with van der Waals surface area (Å²) in [6, 6.07) is 1.63. The Balaban J connectivity index is 2.04. The molecule has 2 aromatic rings. The number of fused-ring (bicyclic) bond motifs is 1. The van der Waals surface area contributed by atoms with Crippen LogP contribution in [0, 0.1) is 5.92 Å². The molecule has 1 aliphatic rings. The lowest BCUT2D eigenvalue weighted by atomic mass is 10.1. The van der Waals surface area contributed by atoms with Gasteiger partial charge in [-0.3, -0.25) is 0 Å². The highest BCUT2D eigenvalue weighted by atomic mass is 79.9. The summed E-state index contributed by atoms with van der Waals surface area (Å²) >= 11 is 3.37. The monoisotopic (exact) mass is 326 g/mol. The van der Waals surface area contributed by atoms with Gasteiger partial charge in [-0.25, -0.2) is 9.97 Å². The van der Waals surface area contributed by atoms with E-state index in [0.29, 0.717) is 23.1 Å². The summed E-state index contributed by atoms with van der Waals surface area (Å²) in [6.45, 7) is 0. The number of nitrogens with two attached hydrogens (primary N) is 1. The van der Waals surface area contributed by atoms with Crippen molar-refractivity contribution in [1.29, 1.82) is 0 Å². The van der Waals surface area contributed by atoms with Gasteiger partial charge in [-0.15, -0.1) is 0 Å². The van der Waals surface area contributed by atoms with Gasteiger partial charge in [0.2, 0.25) is 0 Å². The summed E-state index contributed by atoms with van der Waals surface area (Å²) < 4.78 is 1.88. The maximum absolute atomic E-state index is 10.2. The molecule has 2 aromatic heterocycles. The van der Waals surface area contributed by atoms with Gasteiger partial charge in [-0.1, -0.05) is 15.9 Å². The first kappa shape index (κ1) is 12.8. The summed E-state index contributed by atoms with van der Waals surface area (Å²) in [7, 11) is 0. The molecule has 1 unspecified atom stereocenters. The van der Waals surface area contributed by atoms with E-state index in [1.165, 1.54) is 0 Å². The van der Waals surface area contributed by atoms with E-state index in [-0.39, 0.29) is 12.0 Å². The smallest absolute Gasteiger partial charge is 0.151 e. The number of aliphatic hydroxyl groups is 2. The van der Waals surface area contributed by atoms with Crippen LogP contribution in [0.5, 0.6) is 0 Å². The minimum atomic E-state index is -0.797. The van der Waals surface area contributed by atoms with Crippen LogP contribution in [0.2, 0.25) is 0 Å². The molecule has 6 nitrogen and oxygen atoms in total. The molecule has 19 heavy (non-hydrogen) atoms. The average molecular weight is 327 g/mol. The zero-order valence-corrected chi connectivity index (χ0v) is 11.7. The predicted molar refractivity (Wildman–Crippen MR) is 74.9 cm³/mol. The summed E-state index contributed by atoms with van der Waals surface area (Å²) in [5.74, 6) is 0.415. The lowest BCUT2D eigenvalue weighted by Gasteiger charge is -2.18. The topological polar surface area (TPSA) is 97.2 Å². The zero-order valence-electron chi connectivity index (χ0n) is 10.1. The van der Waals surface area contributed by atoms with Crippen LogP contribution in [0.25, 0.3) is 11.0 Å². The SMILES string of the molecule is Nc1nccc2c1ncn2[C@@H]1C[C@H](CBr)[C@H](O)C1O. The Bertz CT molecular complexity index is 602. The first-order chi connectivity index (χ1) is 9.13. The number of aromatic nitrogens is 3. The van der Waals surface area contributed by atoms with Gasteiger partial charge in [-0.05, 0) is 18.4 Å². The van der Waals surface area contributed by atoms with Gasteiger partial charge in [0.15, 0.2) is 5.82 Å². The van der Waals surface area contributed by atoms with Crippen LogP contribution < -0.4 is 5.73 Å². The number of rotatable bonds is 2. The molecule has 4 N–H and O–H groups in total. The molecule has 0 aliphatic heterocycles. The van der Waals surface area contributed by atoms with Crippen molar-refractivity contribution in [1.82, 2.24) is 14.5 Å². The number of hydrogen-bond acceptors (Lipinski definition) is 5. The molecule has 1 saturated carbocycles. The van der Waals surface area contributed by atoms with E-state index in [2.05, 4.69) is 25.9 Å². The third kappa shape index (κ3) is 1.92. The highest BCUT2D eigenvalue weighted by Crippen LogP contribution is 2.38. The number of anilines is 1. The molecule has 0 spiro atoms. The molecule has 1 fully saturated rings. The first-order valence-electron chi connectivity index (χ1n) is 6.12. The molecule has 4 atom stereocenters. The van der Waals surface area contributed by atoms with E-state index >= 15 is 0 Å². The van der Waals surface area contributed by atoms with Gasteiger partial charge in [0, 0.05) is 11.5 Å². The van der Waals surface area contributed by atoms with Crippen molar-refractivity contribution < 1.29 is 10.2 Å². The first-order valence-corrected chi connectivity index (χ1v) is 7.24. The fourth-order valence-electron chi connectivity index (χ4n) is 2.77. The van der Waals surface area contributed by atoms with E-state index in [9.17, 15) is 10.2 Å². The number of alkyl halides is 1. The number of halogens is 1. The van der Waals surface area contributed by atoms with Crippen molar-refractivity contribution in [3.05, 3.63) is 18.6 Å². The fourth-order valence-corrected chi connectivity index (χ4v) is 3.42. The average Bonchev–Trinajstić information content (AvgIpc) is 2.94. The maximum Gasteiger partial charge on any atom is 0.151 e. The van der Waals surface area contributed by atoms with Crippen LogP contribution in [0.3, 0.4) is 0 Å². The lowest BCUT2D eigenvalue weighted by molar-refractivity contribution is 0.0106. The van der Waals surface area contributed by atoms with Gasteiger partial charge in [0.25, 0.3) is 0 Å². The van der Waals surface area contributed by atoms with Gasteiger partial charge in [0.05, 0.1) is 24.0 Å². The highest BCUT2D eigenvalue weighted by molar-refractivity contribution is 9.09. The minimum Gasteiger partial charge on any atom is -0.390 e. The maximum atomic E-state index is 10.2. The summed E-state index contributed by atoms with van der Waals surface area (Å²) in [4.78, 5) is 8.24. The molecule has 3 rings (SSSR count). The summed E-state index contributed by atoms with van der Waals surface area (Å²) in [6.07, 6.45) is 2.45. The normalized spacial score (nSPS) is 31.1. The summed E-state index contributed by atoms with van der Waals surface area (Å²) in [5.41, 5.74) is 7.24. The summed E-state index contributed by atoms with van der Waals surface area (Å²) in [5, 5.41) is 20.9. The fraction of sp³-hybridized carbons (Fsp3) is 0.500. The third-order valence-corrected chi connectivity index (χ3v) is 4.68.